The van der Waals surface area contributed by atoms with Gasteiger partial charge in [-0.15, -0.1) is 0 Å². The Morgan fingerprint density at radius 3 is 2.46 bits per heavy atom. The predicted octanol–water partition coefficient (Wildman–Crippen LogP) is -1.07. The Balaban J connectivity index is 0.000000396. The van der Waals surface area contributed by atoms with E-state index >= 15 is 0 Å². The van der Waals surface area contributed by atoms with Crippen molar-refractivity contribution < 1.29 is 20.3 Å². The molecule has 0 unspecified atom stereocenters. The molecule has 0 radical (unpaired) electrons. The zero-order chi connectivity index (χ0) is 9.68. The van der Waals surface area contributed by atoms with E-state index in [2.05, 4.69) is 48.2 Å². The van der Waals surface area contributed by atoms with E-state index in [9.17, 15) is 4.79 Å². The minimum Gasteiger partial charge on any atom is -0.517 e. The predicted molar refractivity (Wildman–Crippen MR) is 35.3 cm³/mol. The summed E-state index contributed by atoms with van der Waals surface area (Å²) in [6, 6.07) is 0. The number of hydrogen-bond donors (Lipinski definition) is 2. The van der Waals surface area contributed by atoms with Crippen LogP contribution in [0.1, 0.15) is 0 Å². The lowest BCUT2D eigenvalue weighted by atomic mass is 11.1. The molecule has 1 amide bonds. The van der Waals surface area contributed by atoms with Crippen molar-refractivity contribution in [3.63, 3.8) is 0 Å². The van der Waals surface area contributed by atoms with Gasteiger partial charge in [-0.1, -0.05) is 0 Å². The maximum atomic E-state index is 10.3. The van der Waals surface area contributed by atoms with Crippen LogP contribution in [0, 0.1) is 0 Å². The van der Waals surface area contributed by atoms with Crippen molar-refractivity contribution in [1.29, 1.82) is 0 Å². The van der Waals surface area contributed by atoms with Gasteiger partial charge in [-0.05, 0) is 0 Å². The molecule has 0 bridgehead atoms. The van der Waals surface area contributed by atoms with Crippen LogP contribution < -0.4 is 11.7 Å². The maximum Gasteiger partial charge on any atom is 0.457 e. The largest absolute Gasteiger partial charge is 0.517 e. The summed E-state index contributed by atoms with van der Waals surface area (Å²) < 4.78 is 0. The van der Waals surface area contributed by atoms with Gasteiger partial charge in [0.2, 0.25) is 6.09 Å². The van der Waals surface area contributed by atoms with E-state index < -0.39 is 6.09 Å². The van der Waals surface area contributed by atoms with Crippen LogP contribution in [-0.4, -0.2) is 16.8 Å². The van der Waals surface area contributed by atoms with E-state index in [-0.39, 0.29) is 5.96 Å². The Morgan fingerprint density at radius 1 is 1.38 bits per heavy atom. The number of hydrogen-bond acceptors (Lipinski definition) is 5. The minimum atomic E-state index is -0.824. The van der Waals surface area contributed by atoms with E-state index in [1.807, 2.05) is 0 Å². The molecule has 70 valence electrons. The molecule has 1 saturated heterocycles. The fourth-order valence-corrected chi connectivity index (χ4v) is 0.489. The molecule has 1 fully saturated rings. The highest BCUT2D eigenvalue weighted by Gasteiger charge is 2.13. The first-order valence-electron chi connectivity index (χ1n) is 2.89. The summed E-state index contributed by atoms with van der Waals surface area (Å²) in [7, 11) is 0. The fourth-order valence-electron chi connectivity index (χ4n) is 0.489. The lowest BCUT2D eigenvalue weighted by Gasteiger charge is -2.14. The summed E-state index contributed by atoms with van der Waals surface area (Å²) in [5.74, 6) is 7.00. The summed E-state index contributed by atoms with van der Waals surface area (Å²) >= 11 is 0. The second kappa shape index (κ2) is 4.03. The lowest BCUT2D eigenvalue weighted by molar-refractivity contribution is -0.430. The van der Waals surface area contributed by atoms with Crippen molar-refractivity contribution in [2.75, 3.05) is 0 Å². The van der Waals surface area contributed by atoms with E-state index in [0.29, 0.717) is 0 Å². The highest BCUT2D eigenvalue weighted by atomic mass is 16.8. The number of amides is 1. The molecular formula is C2H5N9O2. The summed E-state index contributed by atoms with van der Waals surface area (Å²) in [6.07, 6.45) is -0.824. The highest BCUT2D eigenvalue weighted by molar-refractivity contribution is 5.84. The van der Waals surface area contributed by atoms with Gasteiger partial charge in [0.1, 0.15) is 0 Å². The molecule has 0 aliphatic carbocycles. The molecule has 13 heavy (non-hydrogen) atoms. The molecule has 11 heteroatoms. The molecular weight excluding hydrogens is 182 g/mol. The summed E-state index contributed by atoms with van der Waals surface area (Å²) in [6.45, 7) is 0. The van der Waals surface area contributed by atoms with Crippen molar-refractivity contribution in [2.24, 2.45) is 26.5 Å². The van der Waals surface area contributed by atoms with Crippen LogP contribution >= 0.6 is 0 Å². The summed E-state index contributed by atoms with van der Waals surface area (Å²) in [4.78, 5) is 15.2. The van der Waals surface area contributed by atoms with Gasteiger partial charge < -0.3 is 20.6 Å². The first-order chi connectivity index (χ1) is 6.36. The van der Waals surface area contributed by atoms with Gasteiger partial charge in [-0.2, -0.15) is 5.84 Å². The second-order valence-corrected chi connectivity index (χ2v) is 1.51. The van der Waals surface area contributed by atoms with Crippen molar-refractivity contribution in [1.82, 2.24) is 0 Å². The van der Waals surface area contributed by atoms with E-state index in [1.54, 1.807) is 0 Å². The number of nitrogens with zero attached hydrogens (tertiary/aromatic N) is 7. The Hall–Kier alpha value is -2.14. The number of carbonyl (C=O) groups excluding carboxylic acids is 1. The van der Waals surface area contributed by atoms with Crippen LogP contribution in [0.4, 0.5) is 4.79 Å². The van der Waals surface area contributed by atoms with Gasteiger partial charge in [0.05, 0.1) is 20.7 Å². The number of rotatable bonds is 0. The van der Waals surface area contributed by atoms with E-state index in [0.717, 1.165) is 4.79 Å². The standard InChI is InChI=1S/C2N7O2.H4N2/c10-2-5-9(8-11-2)1-3-6-7-4-1;1-2/h;1-2H2/q-1;/p+1. The maximum absolute atomic E-state index is 10.3. The van der Waals surface area contributed by atoms with Gasteiger partial charge in [-0.3, -0.25) is 10.6 Å². The van der Waals surface area contributed by atoms with Crippen LogP contribution in [0.3, 0.4) is 0 Å². The van der Waals surface area contributed by atoms with Crippen molar-refractivity contribution in [3.8, 4) is 0 Å². The average molecular weight is 187 g/mol. The summed E-state index contributed by atoms with van der Waals surface area (Å²) in [5.41, 5.74) is 6.40. The van der Waals surface area contributed by atoms with E-state index in [1.165, 1.54) is 0 Å². The Morgan fingerprint density at radius 2 is 2.00 bits per heavy atom. The van der Waals surface area contributed by atoms with Crippen molar-refractivity contribution in [3.05, 3.63) is 11.0 Å². The second-order valence-electron chi connectivity index (χ2n) is 1.51. The summed E-state index contributed by atoms with van der Waals surface area (Å²) in [5, 5.41) is 13.0. The van der Waals surface area contributed by atoms with Gasteiger partial charge in [0.15, 0.2) is 0 Å². The molecule has 0 aromatic heterocycles. The molecule has 5 N–H and O–H groups in total. The minimum absolute atomic E-state index is 0.00384. The third kappa shape index (κ3) is 1.91. The molecule has 0 saturated carbocycles. The normalized spacial score (nSPS) is 17.5. The molecule has 2 aliphatic rings. The molecule has 0 aromatic rings. The van der Waals surface area contributed by atoms with Crippen LogP contribution in [-0.2, 0) is 4.84 Å². The molecule has 11 nitrogen and oxygen atoms in total. The Bertz CT molecular complexity index is 276. The van der Waals surface area contributed by atoms with Crippen molar-refractivity contribution >= 4 is 12.1 Å². The third-order valence-corrected chi connectivity index (χ3v) is 0.860. The Kier molecular flexibility index (Phi) is 2.77. The molecule has 0 spiro atoms. The van der Waals surface area contributed by atoms with Crippen LogP contribution in [0.5, 0.6) is 0 Å². The molecule has 2 heterocycles. The first kappa shape index (κ1) is 8.95. The van der Waals surface area contributed by atoms with Gasteiger partial charge in [0, 0.05) is 0 Å². The van der Waals surface area contributed by atoms with Crippen LogP contribution in [0.2, 0.25) is 0 Å². The molecule has 2 rings (SSSR count). The van der Waals surface area contributed by atoms with Crippen LogP contribution in [0.25, 0.3) is 11.0 Å². The van der Waals surface area contributed by atoms with Gasteiger partial charge in [-0.25, -0.2) is 0 Å². The quantitative estimate of drug-likeness (QED) is 0.281. The molecule has 0 aromatic carbocycles. The third-order valence-electron chi connectivity index (χ3n) is 0.860. The van der Waals surface area contributed by atoms with E-state index in [4.69, 9.17) is 0 Å². The average Bonchev–Trinajstić information content (AvgIpc) is 2.77. The number of carbonyl (C=O) groups is 1. The number of quaternary nitrogens is 1. The first-order valence-corrected chi connectivity index (χ1v) is 2.89. The number of nitrogens with two attached hydrogens (primary N) is 1. The highest BCUT2D eigenvalue weighted by Crippen LogP contribution is 2.15. The smallest absolute Gasteiger partial charge is 0.457 e. The fraction of sp³-hybridized carbons (Fsp3) is 0. The van der Waals surface area contributed by atoms with Crippen molar-refractivity contribution in [2.45, 2.75) is 0 Å². The lowest BCUT2D eigenvalue weighted by Crippen LogP contribution is -2.59. The topological polar surface area (TPSA) is 161 Å². The SMILES string of the molecule is N[NH3+].O=C1[N-][N+](=C2N=NN=N2)[N-]O1. The van der Waals surface area contributed by atoms with Gasteiger partial charge in [0.25, 0.3) is 0 Å². The van der Waals surface area contributed by atoms with Crippen LogP contribution in [0.15, 0.2) is 20.7 Å². The molecule has 2 aliphatic heterocycles. The zero-order valence-corrected chi connectivity index (χ0v) is 6.23. The Labute approximate surface area is 71.0 Å². The number of guanidine groups is 1. The molecule has 0 atom stereocenters. The monoisotopic (exact) mass is 187 g/mol. The zero-order valence-electron chi connectivity index (χ0n) is 6.23. The van der Waals surface area contributed by atoms with Gasteiger partial charge >= 0.3 is 5.96 Å².